The first-order valence-electron chi connectivity index (χ1n) is 12.6. The number of methoxy groups -OCH3 is 2. The normalized spacial score (nSPS) is 20.9. The first kappa shape index (κ1) is 24.4. The van der Waals surface area contributed by atoms with Gasteiger partial charge in [-0.25, -0.2) is 0 Å². The molecule has 0 unspecified atom stereocenters. The predicted molar refractivity (Wildman–Crippen MR) is 137 cm³/mol. The summed E-state index contributed by atoms with van der Waals surface area (Å²) in [6.07, 6.45) is 4.65. The van der Waals surface area contributed by atoms with Gasteiger partial charge in [0.05, 0.1) is 14.2 Å². The van der Waals surface area contributed by atoms with E-state index >= 15 is 0 Å². The summed E-state index contributed by atoms with van der Waals surface area (Å²) in [6, 6.07) is 15.8. The predicted octanol–water partition coefficient (Wildman–Crippen LogP) is 4.72. The van der Waals surface area contributed by atoms with Crippen molar-refractivity contribution in [3.8, 4) is 11.5 Å². The number of hydrogen-bond donors (Lipinski definition) is 1. The molecule has 184 valence electrons. The maximum atomic E-state index is 13.6. The van der Waals surface area contributed by atoms with Gasteiger partial charge in [0, 0.05) is 49.9 Å². The van der Waals surface area contributed by atoms with Gasteiger partial charge in [0.15, 0.2) is 11.5 Å². The van der Waals surface area contributed by atoms with E-state index in [0.717, 1.165) is 37.2 Å². The molecule has 2 heterocycles. The van der Waals surface area contributed by atoms with Gasteiger partial charge in [-0.2, -0.15) is 0 Å². The monoisotopic (exact) mass is 465 g/mol. The number of nitrogens with one attached hydrogen (secondary N) is 1. The van der Waals surface area contributed by atoms with Crippen molar-refractivity contribution < 1.29 is 14.3 Å². The molecular weight excluding hydrogens is 426 g/mol. The summed E-state index contributed by atoms with van der Waals surface area (Å²) in [6.45, 7) is 6.96. The van der Waals surface area contributed by atoms with Crippen LogP contribution in [0.3, 0.4) is 0 Å². The lowest BCUT2D eigenvalue weighted by atomic mass is 10.1. The maximum Gasteiger partial charge on any atom is 0.223 e. The van der Waals surface area contributed by atoms with Crippen LogP contribution in [-0.2, 0) is 17.8 Å². The van der Waals surface area contributed by atoms with E-state index in [9.17, 15) is 4.79 Å². The molecule has 4 rings (SSSR count). The summed E-state index contributed by atoms with van der Waals surface area (Å²) in [5.74, 6) is 1.61. The summed E-state index contributed by atoms with van der Waals surface area (Å²) >= 11 is 0. The van der Waals surface area contributed by atoms with Crippen LogP contribution in [-0.4, -0.2) is 61.1 Å². The molecule has 2 bridgehead atoms. The third-order valence-electron chi connectivity index (χ3n) is 7.30. The van der Waals surface area contributed by atoms with E-state index < -0.39 is 0 Å². The van der Waals surface area contributed by atoms with Crippen LogP contribution in [0.5, 0.6) is 11.5 Å². The van der Waals surface area contributed by atoms with Crippen LogP contribution < -0.4 is 14.8 Å². The summed E-state index contributed by atoms with van der Waals surface area (Å²) in [5, 5.41) is 3.65. The summed E-state index contributed by atoms with van der Waals surface area (Å²) in [7, 11) is 3.28. The summed E-state index contributed by atoms with van der Waals surface area (Å²) in [4.78, 5) is 18.3. The summed E-state index contributed by atoms with van der Waals surface area (Å²) in [5.41, 5.74) is 3.42. The van der Waals surface area contributed by atoms with Crippen LogP contribution in [0.15, 0.2) is 42.5 Å². The lowest BCUT2D eigenvalue weighted by Crippen LogP contribution is -2.48. The molecular formula is C28H39N3O3. The Morgan fingerprint density at radius 2 is 1.79 bits per heavy atom. The largest absolute Gasteiger partial charge is 0.493 e. The second kappa shape index (κ2) is 11.1. The molecule has 34 heavy (non-hydrogen) atoms. The van der Waals surface area contributed by atoms with Crippen molar-refractivity contribution in [2.75, 3.05) is 32.6 Å². The zero-order valence-corrected chi connectivity index (χ0v) is 21.0. The van der Waals surface area contributed by atoms with Crippen molar-refractivity contribution >= 4 is 11.6 Å². The molecule has 0 radical (unpaired) electrons. The molecule has 2 aliphatic heterocycles. The number of aryl methyl sites for hydroxylation is 1. The van der Waals surface area contributed by atoms with Crippen LogP contribution in [0.1, 0.15) is 50.7 Å². The van der Waals surface area contributed by atoms with E-state index in [2.05, 4.69) is 53.2 Å². The van der Waals surface area contributed by atoms with Gasteiger partial charge in [-0.3, -0.25) is 9.69 Å². The minimum atomic E-state index is 0.205. The lowest BCUT2D eigenvalue weighted by Gasteiger charge is -2.36. The fourth-order valence-corrected chi connectivity index (χ4v) is 5.67. The molecule has 2 atom stereocenters. The van der Waals surface area contributed by atoms with Gasteiger partial charge in [0.25, 0.3) is 0 Å². The molecule has 0 spiro atoms. The molecule has 1 amide bonds. The van der Waals surface area contributed by atoms with E-state index in [-0.39, 0.29) is 5.91 Å². The number of amides is 1. The zero-order chi connectivity index (χ0) is 24.1. The fraction of sp³-hybridized carbons (Fsp3) is 0.536. The first-order chi connectivity index (χ1) is 16.5. The van der Waals surface area contributed by atoms with Gasteiger partial charge < -0.3 is 19.7 Å². The summed E-state index contributed by atoms with van der Waals surface area (Å²) < 4.78 is 10.8. The number of para-hydroxylation sites is 1. The van der Waals surface area contributed by atoms with Crippen molar-refractivity contribution in [1.82, 2.24) is 9.80 Å². The highest BCUT2D eigenvalue weighted by atomic mass is 16.5. The Bertz CT molecular complexity index is 977. The molecule has 6 heteroatoms. The number of rotatable bonds is 6. The topological polar surface area (TPSA) is 54.0 Å². The van der Waals surface area contributed by atoms with Crippen molar-refractivity contribution in [3.05, 3.63) is 53.6 Å². The molecule has 0 aromatic heterocycles. The third kappa shape index (κ3) is 5.49. The Morgan fingerprint density at radius 1 is 1.03 bits per heavy atom. The second-order valence-corrected chi connectivity index (χ2v) is 9.76. The number of carbonyl (C=O) groups is 1. The average Bonchev–Trinajstić information content (AvgIpc) is 3.23. The first-order valence-corrected chi connectivity index (χ1v) is 12.6. The molecule has 2 aromatic rings. The van der Waals surface area contributed by atoms with Gasteiger partial charge in [-0.15, -0.1) is 0 Å². The zero-order valence-electron chi connectivity index (χ0n) is 21.0. The quantitative estimate of drug-likeness (QED) is 0.669. The van der Waals surface area contributed by atoms with Gasteiger partial charge in [0.1, 0.15) is 0 Å². The minimum Gasteiger partial charge on any atom is -0.493 e. The van der Waals surface area contributed by atoms with E-state index in [1.54, 1.807) is 14.2 Å². The van der Waals surface area contributed by atoms with Crippen molar-refractivity contribution in [1.29, 1.82) is 0 Å². The molecule has 1 N–H and O–H groups in total. The number of benzene rings is 2. The van der Waals surface area contributed by atoms with E-state index in [0.29, 0.717) is 49.0 Å². The van der Waals surface area contributed by atoms with E-state index in [4.69, 9.17) is 9.47 Å². The molecule has 2 aromatic carbocycles. The van der Waals surface area contributed by atoms with E-state index in [1.165, 1.54) is 12.0 Å². The van der Waals surface area contributed by atoms with Gasteiger partial charge in [-0.1, -0.05) is 24.3 Å². The van der Waals surface area contributed by atoms with Crippen LogP contribution >= 0.6 is 0 Å². The molecule has 1 fully saturated rings. The Labute approximate surface area is 204 Å². The van der Waals surface area contributed by atoms with Crippen LogP contribution in [0.4, 0.5) is 5.69 Å². The standard InChI is InChI=1S/C28H39N3O3/c1-20(2)31-23-11-12-24(31)19-30(18-22-7-5-6-8-25(22)29-16-15-23)28(32)14-10-21-9-13-26(33-3)27(17-21)34-4/h5-9,13,17,20,23-24,29H,10-12,14-16,18-19H2,1-4H3/t23-,24+/m1/s1. The second-order valence-electron chi connectivity index (χ2n) is 9.76. The highest BCUT2D eigenvalue weighted by Crippen LogP contribution is 2.32. The van der Waals surface area contributed by atoms with Crippen molar-refractivity contribution in [2.24, 2.45) is 0 Å². The minimum absolute atomic E-state index is 0.205. The number of nitrogens with zero attached hydrogens (tertiary/aromatic N) is 2. The van der Waals surface area contributed by atoms with Crippen molar-refractivity contribution in [2.45, 2.75) is 70.6 Å². The smallest absolute Gasteiger partial charge is 0.223 e. The Morgan fingerprint density at radius 3 is 2.56 bits per heavy atom. The number of carbonyl (C=O) groups excluding carboxylic acids is 1. The molecule has 1 saturated heterocycles. The Kier molecular flexibility index (Phi) is 7.99. The number of ether oxygens (including phenoxy) is 2. The van der Waals surface area contributed by atoms with Crippen LogP contribution in [0.2, 0.25) is 0 Å². The molecule has 2 aliphatic rings. The fourth-order valence-electron chi connectivity index (χ4n) is 5.67. The number of fused-ring (bicyclic) bond motifs is 3. The van der Waals surface area contributed by atoms with Gasteiger partial charge >= 0.3 is 0 Å². The molecule has 0 saturated carbocycles. The van der Waals surface area contributed by atoms with Crippen LogP contribution in [0, 0.1) is 0 Å². The Hall–Kier alpha value is -2.73. The SMILES string of the molecule is COc1ccc(CCC(=O)N2Cc3ccccc3NCC[C@H]3CC[C@@H](C2)N3C(C)C)cc1OC. The third-order valence-corrected chi connectivity index (χ3v) is 7.30. The van der Waals surface area contributed by atoms with E-state index in [1.807, 2.05) is 18.2 Å². The number of anilines is 1. The van der Waals surface area contributed by atoms with Crippen molar-refractivity contribution in [3.63, 3.8) is 0 Å². The highest BCUT2D eigenvalue weighted by Gasteiger charge is 2.36. The number of hydrogen-bond acceptors (Lipinski definition) is 5. The van der Waals surface area contributed by atoms with Crippen LogP contribution in [0.25, 0.3) is 0 Å². The Balaban J connectivity index is 1.54. The van der Waals surface area contributed by atoms with Gasteiger partial charge in [-0.05, 0) is 68.9 Å². The van der Waals surface area contributed by atoms with Gasteiger partial charge in [0.2, 0.25) is 5.91 Å². The molecule has 6 nitrogen and oxygen atoms in total. The maximum absolute atomic E-state index is 13.6. The average molecular weight is 466 g/mol. The molecule has 0 aliphatic carbocycles. The highest BCUT2D eigenvalue weighted by molar-refractivity contribution is 5.77. The lowest BCUT2D eigenvalue weighted by molar-refractivity contribution is -0.132.